The van der Waals surface area contributed by atoms with Crippen molar-refractivity contribution in [2.45, 2.75) is 12.6 Å². The van der Waals surface area contributed by atoms with E-state index in [-0.39, 0.29) is 19.4 Å². The number of nitrogens with zero attached hydrogens (tertiary/aromatic N) is 1. The Bertz CT molecular complexity index is 298. The molecule has 0 aliphatic carbocycles. The number of likely N-dealkylation sites (tertiary alicyclic amines) is 1. The smallest absolute Gasteiger partial charge is 0.213 e. The van der Waals surface area contributed by atoms with Crippen molar-refractivity contribution in [2.24, 2.45) is 0 Å². The first-order valence-corrected chi connectivity index (χ1v) is 6.87. The highest BCUT2D eigenvalue weighted by Gasteiger charge is 2.46. The molecule has 0 aromatic heterocycles. The second-order valence-electron chi connectivity index (χ2n) is 4.03. The maximum Gasteiger partial charge on any atom is 0.213 e. The molecule has 7 heteroatoms. The standard InChI is InChI=1S/C8H19N2O4S/c1-15(13,14)9-8-2-3-10(8,4-6-11)5-7-12/h8-9,11-12H,2-7H2,1H3/q+1. The largest absolute Gasteiger partial charge is 0.391 e. The molecular formula is C8H19N2O4S+. The Morgan fingerprint density at radius 3 is 2.13 bits per heavy atom. The van der Waals surface area contributed by atoms with Crippen molar-refractivity contribution < 1.29 is 23.1 Å². The Morgan fingerprint density at radius 1 is 1.33 bits per heavy atom. The fourth-order valence-corrected chi connectivity index (χ4v) is 2.92. The van der Waals surface area contributed by atoms with Crippen LogP contribution in [0, 0.1) is 0 Å². The van der Waals surface area contributed by atoms with Gasteiger partial charge in [0.1, 0.15) is 13.1 Å². The van der Waals surface area contributed by atoms with Crippen LogP contribution in [0.3, 0.4) is 0 Å². The van der Waals surface area contributed by atoms with Crippen LogP contribution in [0.25, 0.3) is 0 Å². The Morgan fingerprint density at radius 2 is 1.87 bits per heavy atom. The number of sulfonamides is 1. The third-order valence-electron chi connectivity index (χ3n) is 2.95. The van der Waals surface area contributed by atoms with E-state index >= 15 is 0 Å². The van der Waals surface area contributed by atoms with Gasteiger partial charge in [-0.15, -0.1) is 0 Å². The summed E-state index contributed by atoms with van der Waals surface area (Å²) in [6, 6.07) is 0. The molecule has 1 unspecified atom stereocenters. The Kier molecular flexibility index (Phi) is 4.07. The Balaban J connectivity index is 2.65. The average Bonchev–Trinajstić information content (AvgIpc) is 2.11. The molecule has 0 amide bonds. The van der Waals surface area contributed by atoms with E-state index in [1.54, 1.807) is 0 Å². The molecule has 1 saturated heterocycles. The van der Waals surface area contributed by atoms with Crippen molar-refractivity contribution in [3.8, 4) is 0 Å². The normalized spacial score (nSPS) is 24.9. The number of aliphatic hydroxyl groups excluding tert-OH is 2. The van der Waals surface area contributed by atoms with Crippen molar-refractivity contribution in [3.05, 3.63) is 0 Å². The number of aliphatic hydroxyl groups is 2. The summed E-state index contributed by atoms with van der Waals surface area (Å²) in [5.74, 6) is 0. The molecule has 1 heterocycles. The van der Waals surface area contributed by atoms with Gasteiger partial charge in [0.25, 0.3) is 0 Å². The highest BCUT2D eigenvalue weighted by atomic mass is 32.2. The average molecular weight is 239 g/mol. The van der Waals surface area contributed by atoms with Crippen LogP contribution in [0.5, 0.6) is 0 Å². The first-order chi connectivity index (χ1) is 6.93. The zero-order valence-corrected chi connectivity index (χ0v) is 9.70. The predicted molar refractivity (Wildman–Crippen MR) is 55.4 cm³/mol. The van der Waals surface area contributed by atoms with Gasteiger partial charge in [-0.05, 0) is 0 Å². The molecule has 0 aromatic carbocycles. The van der Waals surface area contributed by atoms with Gasteiger partial charge in [0.2, 0.25) is 10.0 Å². The first-order valence-electron chi connectivity index (χ1n) is 4.98. The quantitative estimate of drug-likeness (QED) is 0.471. The monoisotopic (exact) mass is 239 g/mol. The number of hydrogen-bond acceptors (Lipinski definition) is 4. The third kappa shape index (κ3) is 3.12. The van der Waals surface area contributed by atoms with E-state index in [1.807, 2.05) is 0 Å². The van der Waals surface area contributed by atoms with Gasteiger partial charge >= 0.3 is 0 Å². The van der Waals surface area contributed by atoms with Gasteiger partial charge in [-0.2, -0.15) is 4.72 Å². The van der Waals surface area contributed by atoms with E-state index in [9.17, 15) is 8.42 Å². The van der Waals surface area contributed by atoms with Crippen LogP contribution in [0.4, 0.5) is 0 Å². The van der Waals surface area contributed by atoms with E-state index in [1.165, 1.54) is 0 Å². The summed E-state index contributed by atoms with van der Waals surface area (Å²) in [6.07, 6.45) is 1.68. The van der Waals surface area contributed by atoms with Crippen molar-refractivity contribution in [1.29, 1.82) is 0 Å². The zero-order valence-electron chi connectivity index (χ0n) is 8.89. The summed E-state index contributed by atoms with van der Waals surface area (Å²) < 4.78 is 25.2. The third-order valence-corrected chi connectivity index (χ3v) is 3.65. The summed E-state index contributed by atoms with van der Waals surface area (Å²) >= 11 is 0. The van der Waals surface area contributed by atoms with Gasteiger partial charge in [-0.25, -0.2) is 8.42 Å². The van der Waals surface area contributed by atoms with Gasteiger partial charge in [-0.1, -0.05) is 0 Å². The molecule has 1 rings (SSSR count). The topological polar surface area (TPSA) is 86.6 Å². The minimum Gasteiger partial charge on any atom is -0.391 e. The summed E-state index contributed by atoms with van der Waals surface area (Å²) in [6.45, 7) is 1.76. The fraction of sp³-hybridized carbons (Fsp3) is 1.00. The van der Waals surface area contributed by atoms with Crippen LogP contribution in [-0.2, 0) is 10.0 Å². The van der Waals surface area contributed by atoms with Gasteiger partial charge < -0.3 is 14.7 Å². The maximum absolute atomic E-state index is 11.1. The molecule has 0 radical (unpaired) electrons. The SMILES string of the molecule is CS(=O)(=O)NC1CC[N+]1(CCO)CCO. The number of rotatable bonds is 6. The van der Waals surface area contributed by atoms with Crippen LogP contribution in [0.1, 0.15) is 6.42 Å². The molecule has 90 valence electrons. The van der Waals surface area contributed by atoms with E-state index in [0.29, 0.717) is 17.6 Å². The van der Waals surface area contributed by atoms with Crippen molar-refractivity contribution in [2.75, 3.05) is 39.1 Å². The molecule has 0 bridgehead atoms. The number of nitrogens with one attached hydrogen (secondary N) is 1. The molecule has 1 fully saturated rings. The second kappa shape index (κ2) is 4.75. The molecular weight excluding hydrogens is 220 g/mol. The van der Waals surface area contributed by atoms with Crippen LogP contribution >= 0.6 is 0 Å². The van der Waals surface area contributed by atoms with Crippen molar-refractivity contribution >= 4 is 10.0 Å². The van der Waals surface area contributed by atoms with Crippen LogP contribution in [0.15, 0.2) is 0 Å². The van der Waals surface area contributed by atoms with E-state index in [0.717, 1.165) is 19.2 Å². The maximum atomic E-state index is 11.1. The number of hydrogen-bond donors (Lipinski definition) is 3. The van der Waals surface area contributed by atoms with E-state index in [4.69, 9.17) is 10.2 Å². The summed E-state index contributed by atoms with van der Waals surface area (Å²) in [5, 5.41) is 17.9. The summed E-state index contributed by atoms with van der Waals surface area (Å²) in [5.41, 5.74) is 0. The lowest BCUT2D eigenvalue weighted by Gasteiger charge is -2.51. The predicted octanol–water partition coefficient (Wildman–Crippen LogP) is -1.93. The molecule has 0 aromatic rings. The van der Waals surface area contributed by atoms with Gasteiger partial charge in [0.15, 0.2) is 6.17 Å². The summed E-state index contributed by atoms with van der Waals surface area (Å²) in [7, 11) is -3.22. The molecule has 1 aliphatic rings. The molecule has 1 atom stereocenters. The van der Waals surface area contributed by atoms with Crippen LogP contribution in [-0.4, -0.2) is 68.4 Å². The fourth-order valence-electron chi connectivity index (χ4n) is 2.09. The Labute approximate surface area is 90.2 Å². The summed E-state index contributed by atoms with van der Waals surface area (Å²) in [4.78, 5) is 0. The highest BCUT2D eigenvalue weighted by Crippen LogP contribution is 2.26. The molecule has 1 aliphatic heterocycles. The molecule has 15 heavy (non-hydrogen) atoms. The van der Waals surface area contributed by atoms with Crippen molar-refractivity contribution in [3.63, 3.8) is 0 Å². The second-order valence-corrected chi connectivity index (χ2v) is 5.81. The van der Waals surface area contributed by atoms with E-state index < -0.39 is 10.0 Å². The zero-order chi connectivity index (χ0) is 11.5. The minimum atomic E-state index is -3.22. The van der Waals surface area contributed by atoms with E-state index in [2.05, 4.69) is 4.72 Å². The van der Waals surface area contributed by atoms with Gasteiger partial charge in [0, 0.05) is 0 Å². The van der Waals surface area contributed by atoms with Crippen molar-refractivity contribution in [1.82, 2.24) is 4.72 Å². The minimum absolute atomic E-state index is 0.00193. The molecule has 0 spiro atoms. The Hall–Kier alpha value is -0.210. The number of quaternary nitrogens is 1. The lowest BCUT2D eigenvalue weighted by atomic mass is 10.1. The van der Waals surface area contributed by atoms with Gasteiger partial charge in [-0.3, -0.25) is 0 Å². The first kappa shape index (κ1) is 12.9. The molecule has 3 N–H and O–H groups in total. The molecule has 0 saturated carbocycles. The molecule has 6 nitrogen and oxygen atoms in total. The highest BCUT2D eigenvalue weighted by molar-refractivity contribution is 7.88. The van der Waals surface area contributed by atoms with Crippen LogP contribution in [0.2, 0.25) is 0 Å². The lowest BCUT2D eigenvalue weighted by Crippen LogP contribution is -2.72. The lowest BCUT2D eigenvalue weighted by molar-refractivity contribution is -0.991. The van der Waals surface area contributed by atoms with Gasteiger partial charge in [0.05, 0.1) is 32.4 Å². The van der Waals surface area contributed by atoms with Crippen LogP contribution < -0.4 is 4.72 Å².